The highest BCUT2D eigenvalue weighted by Crippen LogP contribution is 2.24. The van der Waals surface area contributed by atoms with E-state index in [0.29, 0.717) is 0 Å². The van der Waals surface area contributed by atoms with Crippen LogP contribution in [0.4, 0.5) is 0 Å². The fourth-order valence-electron chi connectivity index (χ4n) is 5.27. The molecule has 2 aliphatic rings. The summed E-state index contributed by atoms with van der Waals surface area (Å²) in [6.45, 7) is 19.3. The van der Waals surface area contributed by atoms with Crippen molar-refractivity contribution in [3.05, 3.63) is 35.4 Å². The smallest absolute Gasteiger partial charge is 0.0558 e. The van der Waals surface area contributed by atoms with Crippen molar-refractivity contribution in [1.29, 1.82) is 0 Å². The molecule has 170 valence electrons. The van der Waals surface area contributed by atoms with Gasteiger partial charge in [0.15, 0.2) is 0 Å². The molecule has 0 saturated carbocycles. The average Bonchev–Trinajstić information content (AvgIpc) is 2.66. The molecular formula is C24H42N4O2. The molecule has 2 N–H and O–H groups in total. The van der Waals surface area contributed by atoms with Crippen molar-refractivity contribution in [1.82, 2.24) is 19.6 Å². The SMILES string of the molecule is CC1(C)CN(Cc2cccc(CN3CCN(CCO)C(C)(C)C3)c2)CCN1CCO. The van der Waals surface area contributed by atoms with E-state index in [4.69, 9.17) is 0 Å². The third kappa shape index (κ3) is 6.02. The van der Waals surface area contributed by atoms with E-state index in [9.17, 15) is 10.2 Å². The van der Waals surface area contributed by atoms with Crippen molar-refractivity contribution in [3.63, 3.8) is 0 Å². The minimum Gasteiger partial charge on any atom is -0.395 e. The van der Waals surface area contributed by atoms with Gasteiger partial charge >= 0.3 is 0 Å². The molecule has 3 rings (SSSR count). The molecule has 0 radical (unpaired) electrons. The van der Waals surface area contributed by atoms with Crippen LogP contribution in [0.2, 0.25) is 0 Å². The first kappa shape index (κ1) is 23.6. The van der Waals surface area contributed by atoms with E-state index < -0.39 is 0 Å². The maximum absolute atomic E-state index is 9.32. The molecule has 2 saturated heterocycles. The van der Waals surface area contributed by atoms with Crippen LogP contribution in [0.1, 0.15) is 38.8 Å². The second-order valence-corrected chi connectivity index (χ2v) is 10.3. The highest BCUT2D eigenvalue weighted by atomic mass is 16.3. The molecule has 6 heteroatoms. The predicted octanol–water partition coefficient (Wildman–Crippen LogP) is 1.46. The molecule has 2 fully saturated rings. The Balaban J connectivity index is 1.57. The summed E-state index contributed by atoms with van der Waals surface area (Å²) < 4.78 is 0. The van der Waals surface area contributed by atoms with Gasteiger partial charge in [-0.3, -0.25) is 19.6 Å². The quantitative estimate of drug-likeness (QED) is 0.667. The molecule has 1 aromatic carbocycles. The van der Waals surface area contributed by atoms with Crippen molar-refractivity contribution in [2.75, 3.05) is 65.6 Å². The van der Waals surface area contributed by atoms with E-state index in [2.05, 4.69) is 71.6 Å². The normalized spacial score (nSPS) is 23.7. The van der Waals surface area contributed by atoms with Crippen LogP contribution in [0, 0.1) is 0 Å². The molecule has 0 aliphatic carbocycles. The topological polar surface area (TPSA) is 53.4 Å². The number of hydrogen-bond acceptors (Lipinski definition) is 6. The number of benzene rings is 1. The van der Waals surface area contributed by atoms with Crippen LogP contribution in [0.5, 0.6) is 0 Å². The summed E-state index contributed by atoms with van der Waals surface area (Å²) in [6.07, 6.45) is 0. The van der Waals surface area contributed by atoms with Crippen molar-refractivity contribution >= 4 is 0 Å². The zero-order chi connectivity index (χ0) is 21.8. The standard InChI is InChI=1S/C24H42N4O2/c1-23(2)19-25(8-10-27(23)12-14-29)17-21-6-5-7-22(16-21)18-26-9-11-28(13-15-30)24(3,4)20-26/h5-7,16,29-30H,8-15,17-20H2,1-4H3. The Morgan fingerprint density at radius 2 is 1.17 bits per heavy atom. The van der Waals surface area contributed by atoms with Crippen LogP contribution in [0.25, 0.3) is 0 Å². The highest BCUT2D eigenvalue weighted by Gasteiger charge is 2.34. The largest absolute Gasteiger partial charge is 0.395 e. The first-order valence-corrected chi connectivity index (χ1v) is 11.5. The number of rotatable bonds is 8. The molecule has 30 heavy (non-hydrogen) atoms. The van der Waals surface area contributed by atoms with E-state index in [1.165, 1.54) is 11.1 Å². The van der Waals surface area contributed by atoms with E-state index >= 15 is 0 Å². The number of aliphatic hydroxyl groups is 2. The first-order valence-electron chi connectivity index (χ1n) is 11.5. The molecule has 0 bridgehead atoms. The maximum atomic E-state index is 9.32. The minimum atomic E-state index is 0.0957. The summed E-state index contributed by atoms with van der Waals surface area (Å²) in [5.41, 5.74) is 2.96. The fraction of sp³-hybridized carbons (Fsp3) is 0.750. The molecule has 0 aromatic heterocycles. The fourth-order valence-corrected chi connectivity index (χ4v) is 5.27. The Morgan fingerprint density at radius 3 is 1.53 bits per heavy atom. The summed E-state index contributed by atoms with van der Waals surface area (Å²) in [4.78, 5) is 9.89. The summed E-state index contributed by atoms with van der Waals surface area (Å²) in [7, 11) is 0. The molecule has 1 aromatic rings. The molecule has 6 nitrogen and oxygen atoms in total. The third-order valence-electron chi connectivity index (χ3n) is 6.85. The lowest BCUT2D eigenvalue weighted by Gasteiger charge is -2.47. The van der Waals surface area contributed by atoms with Crippen LogP contribution in [0.3, 0.4) is 0 Å². The van der Waals surface area contributed by atoms with Gasteiger partial charge in [0.25, 0.3) is 0 Å². The molecule has 2 aliphatic heterocycles. The molecule has 0 unspecified atom stereocenters. The van der Waals surface area contributed by atoms with Gasteiger partial charge in [-0.1, -0.05) is 24.3 Å². The van der Waals surface area contributed by atoms with Crippen LogP contribution < -0.4 is 0 Å². The van der Waals surface area contributed by atoms with E-state index in [1.54, 1.807) is 0 Å². The summed E-state index contributed by atoms with van der Waals surface area (Å²) in [5, 5.41) is 18.6. The first-order chi connectivity index (χ1) is 14.2. The van der Waals surface area contributed by atoms with Gasteiger partial charge in [0, 0.05) is 76.5 Å². The predicted molar refractivity (Wildman–Crippen MR) is 122 cm³/mol. The van der Waals surface area contributed by atoms with Gasteiger partial charge in [0.2, 0.25) is 0 Å². The van der Waals surface area contributed by atoms with Crippen molar-refractivity contribution in [2.45, 2.75) is 51.9 Å². The Labute approximate surface area is 183 Å². The van der Waals surface area contributed by atoms with Gasteiger partial charge < -0.3 is 10.2 Å². The number of hydrogen-bond donors (Lipinski definition) is 2. The van der Waals surface area contributed by atoms with Gasteiger partial charge in [-0.25, -0.2) is 0 Å². The van der Waals surface area contributed by atoms with E-state index in [1.807, 2.05) is 0 Å². The van der Waals surface area contributed by atoms with Gasteiger partial charge in [-0.05, 0) is 38.8 Å². The lowest BCUT2D eigenvalue weighted by atomic mass is 9.97. The second kappa shape index (κ2) is 10.1. The average molecular weight is 419 g/mol. The third-order valence-corrected chi connectivity index (χ3v) is 6.85. The van der Waals surface area contributed by atoms with Crippen LogP contribution in [-0.4, -0.2) is 106 Å². The zero-order valence-corrected chi connectivity index (χ0v) is 19.5. The number of β-amino-alcohol motifs (C(OH)–C–C–N with tert-alkyl or cyclic N) is 2. The van der Waals surface area contributed by atoms with Crippen molar-refractivity contribution < 1.29 is 10.2 Å². The van der Waals surface area contributed by atoms with Crippen LogP contribution in [-0.2, 0) is 13.1 Å². The van der Waals surface area contributed by atoms with Gasteiger partial charge in [-0.15, -0.1) is 0 Å². The Morgan fingerprint density at radius 1 is 0.733 bits per heavy atom. The zero-order valence-electron chi connectivity index (χ0n) is 19.5. The van der Waals surface area contributed by atoms with Crippen LogP contribution >= 0.6 is 0 Å². The molecule has 2 heterocycles. The summed E-state index contributed by atoms with van der Waals surface area (Å²) >= 11 is 0. The Bertz CT molecular complexity index is 626. The summed E-state index contributed by atoms with van der Waals surface area (Å²) in [6, 6.07) is 9.07. The lowest BCUT2D eigenvalue weighted by Crippen LogP contribution is -2.59. The van der Waals surface area contributed by atoms with Crippen molar-refractivity contribution in [3.8, 4) is 0 Å². The highest BCUT2D eigenvalue weighted by molar-refractivity contribution is 5.24. The number of piperazine rings is 2. The monoisotopic (exact) mass is 418 g/mol. The van der Waals surface area contributed by atoms with E-state index in [0.717, 1.165) is 65.4 Å². The number of aliphatic hydroxyl groups excluding tert-OH is 2. The molecule has 0 amide bonds. The van der Waals surface area contributed by atoms with Crippen molar-refractivity contribution in [2.24, 2.45) is 0 Å². The lowest BCUT2D eigenvalue weighted by molar-refractivity contribution is 0.00569. The molecule has 0 atom stereocenters. The van der Waals surface area contributed by atoms with E-state index in [-0.39, 0.29) is 24.3 Å². The second-order valence-electron chi connectivity index (χ2n) is 10.3. The van der Waals surface area contributed by atoms with Crippen LogP contribution in [0.15, 0.2) is 24.3 Å². The number of nitrogens with zero attached hydrogens (tertiary/aromatic N) is 4. The Hall–Kier alpha value is -1.02. The van der Waals surface area contributed by atoms with Gasteiger partial charge in [-0.2, -0.15) is 0 Å². The minimum absolute atomic E-state index is 0.0957. The van der Waals surface area contributed by atoms with Gasteiger partial charge in [0.05, 0.1) is 13.2 Å². The molecule has 0 spiro atoms. The maximum Gasteiger partial charge on any atom is 0.0558 e. The summed E-state index contributed by atoms with van der Waals surface area (Å²) in [5.74, 6) is 0. The van der Waals surface area contributed by atoms with Gasteiger partial charge in [0.1, 0.15) is 0 Å². The molecular weight excluding hydrogens is 376 g/mol. The Kier molecular flexibility index (Phi) is 7.93.